The lowest BCUT2D eigenvalue weighted by atomic mass is 10.1. The summed E-state index contributed by atoms with van der Waals surface area (Å²) in [4.78, 5) is 11.8. The van der Waals surface area contributed by atoms with Crippen LogP contribution >= 0.6 is 11.8 Å². The predicted octanol–water partition coefficient (Wildman–Crippen LogP) is 1.80. The molecule has 1 aromatic heterocycles. The molecule has 0 bridgehead atoms. The van der Waals surface area contributed by atoms with Crippen LogP contribution in [0.4, 0.5) is 0 Å². The van der Waals surface area contributed by atoms with E-state index in [0.717, 1.165) is 16.9 Å². The molecule has 0 saturated heterocycles. The summed E-state index contributed by atoms with van der Waals surface area (Å²) < 4.78 is 7.22. The lowest BCUT2D eigenvalue weighted by Gasteiger charge is -2.12. The first-order valence-electron chi connectivity index (χ1n) is 7.76. The zero-order valence-corrected chi connectivity index (χ0v) is 15.2. The smallest absolute Gasteiger partial charge is 0.233 e. The number of benzene rings is 1. The Morgan fingerprint density at radius 1 is 1.38 bits per heavy atom. The first-order chi connectivity index (χ1) is 11.4. The first-order valence-corrected chi connectivity index (χ1v) is 8.64. The third-order valence-corrected chi connectivity index (χ3v) is 4.55. The molecule has 0 aliphatic rings. The van der Waals surface area contributed by atoms with Gasteiger partial charge in [-0.25, -0.2) is 4.68 Å². The fraction of sp³-hybridized carbons (Fsp3) is 0.438. The first kappa shape index (κ1) is 18.1. The van der Waals surface area contributed by atoms with Crippen LogP contribution in [0.2, 0.25) is 0 Å². The molecule has 1 amide bonds. The van der Waals surface area contributed by atoms with Gasteiger partial charge in [0.1, 0.15) is 12.4 Å². The number of carbonyl (C=O) groups excluding carboxylic acids is 1. The molecule has 2 rings (SSSR count). The molecule has 0 unspecified atom stereocenters. The number of para-hydroxylation sites is 1. The van der Waals surface area contributed by atoms with E-state index < -0.39 is 0 Å². The molecule has 0 aliphatic heterocycles. The van der Waals surface area contributed by atoms with Crippen LogP contribution in [0, 0.1) is 13.8 Å². The lowest BCUT2D eigenvalue weighted by molar-refractivity contribution is -0.120. The van der Waals surface area contributed by atoms with Gasteiger partial charge in [0.2, 0.25) is 11.1 Å². The molecule has 7 nitrogen and oxygen atoms in total. The second-order valence-electron chi connectivity index (χ2n) is 5.43. The Kier molecular flexibility index (Phi) is 6.08. The van der Waals surface area contributed by atoms with E-state index in [1.54, 1.807) is 6.92 Å². The Labute approximate surface area is 145 Å². The van der Waals surface area contributed by atoms with Crippen molar-refractivity contribution >= 4 is 17.7 Å². The van der Waals surface area contributed by atoms with E-state index in [1.807, 2.05) is 39.0 Å². The number of nitrogens with zero attached hydrogens (tertiary/aromatic N) is 3. The Bertz CT molecular complexity index is 696. The Hall–Kier alpha value is -2.22. The van der Waals surface area contributed by atoms with E-state index in [0.29, 0.717) is 17.5 Å². The topological polar surface area (TPSA) is 95.1 Å². The van der Waals surface area contributed by atoms with Gasteiger partial charge < -0.3 is 15.9 Å². The van der Waals surface area contributed by atoms with E-state index >= 15 is 0 Å². The third kappa shape index (κ3) is 4.19. The summed E-state index contributed by atoms with van der Waals surface area (Å²) in [6.45, 7) is 8.47. The average molecular weight is 349 g/mol. The molecule has 3 N–H and O–H groups in total. The van der Waals surface area contributed by atoms with Crippen molar-refractivity contribution in [2.75, 3.05) is 12.4 Å². The Morgan fingerprint density at radius 2 is 2.04 bits per heavy atom. The molecule has 0 saturated carbocycles. The number of rotatable bonds is 7. The number of aryl methyl sites for hydroxylation is 2. The molecule has 1 atom stereocenters. The van der Waals surface area contributed by atoms with Crippen molar-refractivity contribution in [1.29, 1.82) is 0 Å². The highest BCUT2D eigenvalue weighted by atomic mass is 32.2. The number of thioether (sulfide) groups is 1. The van der Waals surface area contributed by atoms with Gasteiger partial charge >= 0.3 is 0 Å². The normalized spacial score (nSPS) is 12.0. The SMILES string of the molecule is CCNC(=O)[C@H](C)Sc1nnc(COc2c(C)cccc2C)n1N. The molecule has 8 heteroatoms. The highest BCUT2D eigenvalue weighted by molar-refractivity contribution is 8.00. The maximum absolute atomic E-state index is 11.8. The summed E-state index contributed by atoms with van der Waals surface area (Å²) in [5.41, 5.74) is 2.11. The van der Waals surface area contributed by atoms with Gasteiger partial charge in [-0.1, -0.05) is 30.0 Å². The van der Waals surface area contributed by atoms with E-state index in [-0.39, 0.29) is 17.8 Å². The largest absolute Gasteiger partial charge is 0.485 e. The van der Waals surface area contributed by atoms with Crippen molar-refractivity contribution < 1.29 is 9.53 Å². The molecule has 0 spiro atoms. The van der Waals surface area contributed by atoms with E-state index in [2.05, 4.69) is 15.5 Å². The van der Waals surface area contributed by atoms with E-state index in [9.17, 15) is 4.79 Å². The summed E-state index contributed by atoms with van der Waals surface area (Å²) in [6.07, 6.45) is 0. The Morgan fingerprint density at radius 3 is 2.67 bits per heavy atom. The summed E-state index contributed by atoms with van der Waals surface area (Å²) in [5.74, 6) is 7.30. The predicted molar refractivity (Wildman–Crippen MR) is 94.4 cm³/mol. The molecule has 2 aromatic rings. The second kappa shape index (κ2) is 8.05. The number of amides is 1. The standard InChI is InChI=1S/C16H23N5O2S/c1-5-18-15(22)12(4)24-16-20-19-13(21(16)17)9-23-14-10(2)7-6-8-11(14)3/h6-8,12H,5,9,17H2,1-4H3,(H,18,22)/t12-/m0/s1. The van der Waals surface area contributed by atoms with Gasteiger partial charge in [-0.15, -0.1) is 10.2 Å². The maximum Gasteiger partial charge on any atom is 0.233 e. The molecule has 0 radical (unpaired) electrons. The van der Waals surface area contributed by atoms with Crippen LogP contribution in [0.15, 0.2) is 23.4 Å². The van der Waals surface area contributed by atoms with Gasteiger partial charge in [0.15, 0.2) is 5.82 Å². The van der Waals surface area contributed by atoms with Crippen LogP contribution in [-0.4, -0.2) is 32.6 Å². The number of ether oxygens (including phenoxy) is 1. The average Bonchev–Trinajstić information content (AvgIpc) is 2.88. The van der Waals surface area contributed by atoms with Gasteiger partial charge in [-0.2, -0.15) is 0 Å². The summed E-state index contributed by atoms with van der Waals surface area (Å²) in [5, 5.41) is 11.1. The fourth-order valence-electron chi connectivity index (χ4n) is 2.18. The van der Waals surface area contributed by atoms with Crippen LogP contribution in [-0.2, 0) is 11.4 Å². The molecule has 0 fully saturated rings. The van der Waals surface area contributed by atoms with Gasteiger partial charge in [0.25, 0.3) is 0 Å². The zero-order chi connectivity index (χ0) is 17.7. The van der Waals surface area contributed by atoms with Gasteiger partial charge in [0.05, 0.1) is 5.25 Å². The number of hydrogen-bond donors (Lipinski definition) is 2. The number of aromatic nitrogens is 3. The third-order valence-electron chi connectivity index (χ3n) is 3.49. The number of nitrogens with two attached hydrogens (primary N) is 1. The van der Waals surface area contributed by atoms with Crippen molar-refractivity contribution in [3.63, 3.8) is 0 Å². The van der Waals surface area contributed by atoms with Crippen molar-refractivity contribution in [3.05, 3.63) is 35.2 Å². The van der Waals surface area contributed by atoms with Gasteiger partial charge in [0, 0.05) is 6.54 Å². The molecule has 0 aliphatic carbocycles. The molecule has 1 aromatic carbocycles. The van der Waals surface area contributed by atoms with Crippen LogP contribution in [0.25, 0.3) is 0 Å². The number of nitrogen functional groups attached to an aromatic ring is 1. The summed E-state index contributed by atoms with van der Waals surface area (Å²) >= 11 is 1.26. The number of hydrogen-bond acceptors (Lipinski definition) is 6. The highest BCUT2D eigenvalue weighted by Crippen LogP contribution is 2.24. The lowest BCUT2D eigenvalue weighted by Crippen LogP contribution is -2.31. The van der Waals surface area contributed by atoms with Crippen molar-refractivity contribution in [1.82, 2.24) is 20.2 Å². The van der Waals surface area contributed by atoms with Gasteiger partial charge in [-0.3, -0.25) is 4.79 Å². The highest BCUT2D eigenvalue weighted by Gasteiger charge is 2.19. The van der Waals surface area contributed by atoms with Crippen LogP contribution in [0.5, 0.6) is 5.75 Å². The van der Waals surface area contributed by atoms with Crippen LogP contribution in [0.3, 0.4) is 0 Å². The second-order valence-corrected chi connectivity index (χ2v) is 6.74. The quantitative estimate of drug-likeness (QED) is 0.585. The van der Waals surface area contributed by atoms with Crippen LogP contribution in [0.1, 0.15) is 30.8 Å². The number of carbonyl (C=O) groups is 1. The minimum atomic E-state index is -0.302. The molecule has 24 heavy (non-hydrogen) atoms. The fourth-order valence-corrected chi connectivity index (χ4v) is 2.99. The number of nitrogens with one attached hydrogen (secondary N) is 1. The molecule has 1 heterocycles. The molecule has 130 valence electrons. The monoisotopic (exact) mass is 349 g/mol. The zero-order valence-electron chi connectivity index (χ0n) is 14.4. The minimum absolute atomic E-state index is 0.0566. The summed E-state index contributed by atoms with van der Waals surface area (Å²) in [6, 6.07) is 5.97. The maximum atomic E-state index is 11.8. The molecular formula is C16H23N5O2S. The van der Waals surface area contributed by atoms with Crippen molar-refractivity contribution in [2.24, 2.45) is 0 Å². The van der Waals surface area contributed by atoms with Crippen molar-refractivity contribution in [3.8, 4) is 5.75 Å². The van der Waals surface area contributed by atoms with E-state index in [1.165, 1.54) is 16.4 Å². The summed E-state index contributed by atoms with van der Waals surface area (Å²) in [7, 11) is 0. The van der Waals surface area contributed by atoms with E-state index in [4.69, 9.17) is 10.6 Å². The van der Waals surface area contributed by atoms with Crippen molar-refractivity contribution in [2.45, 2.75) is 44.7 Å². The Balaban J connectivity index is 2.03. The minimum Gasteiger partial charge on any atom is -0.485 e. The van der Waals surface area contributed by atoms with Gasteiger partial charge in [-0.05, 0) is 38.8 Å². The molecular weight excluding hydrogens is 326 g/mol. The van der Waals surface area contributed by atoms with Crippen LogP contribution < -0.4 is 15.9 Å².